The molecule has 6 nitrogen and oxygen atoms in total. The van der Waals surface area contributed by atoms with Crippen LogP contribution in [0.4, 0.5) is 4.79 Å². The largest absolute Gasteiger partial charge is 0.479 e. The Morgan fingerprint density at radius 3 is 2.33 bits per heavy atom. The Morgan fingerprint density at radius 2 is 1.74 bits per heavy atom. The molecular formula is C21H21NO5. The first-order valence-corrected chi connectivity index (χ1v) is 8.96. The van der Waals surface area contributed by atoms with E-state index in [9.17, 15) is 14.7 Å². The lowest BCUT2D eigenvalue weighted by molar-refractivity contribution is -0.159. The minimum Gasteiger partial charge on any atom is -0.479 e. The number of hydrogen-bond donors (Lipinski definition) is 1. The fourth-order valence-corrected chi connectivity index (χ4v) is 3.89. The van der Waals surface area contributed by atoms with Gasteiger partial charge in [0.1, 0.15) is 6.61 Å². The van der Waals surface area contributed by atoms with E-state index in [2.05, 4.69) is 12.1 Å². The number of hydrogen-bond acceptors (Lipinski definition) is 4. The Labute approximate surface area is 157 Å². The summed E-state index contributed by atoms with van der Waals surface area (Å²) in [7, 11) is 0. The Balaban J connectivity index is 1.55. The van der Waals surface area contributed by atoms with Crippen LogP contribution < -0.4 is 0 Å². The van der Waals surface area contributed by atoms with Gasteiger partial charge >= 0.3 is 12.1 Å². The van der Waals surface area contributed by atoms with Crippen molar-refractivity contribution in [2.75, 3.05) is 26.4 Å². The summed E-state index contributed by atoms with van der Waals surface area (Å²) in [4.78, 5) is 25.6. The molecule has 1 N–H and O–H groups in total. The minimum absolute atomic E-state index is 0.0491. The predicted octanol–water partition coefficient (Wildman–Crippen LogP) is 3.11. The van der Waals surface area contributed by atoms with Crippen LogP contribution >= 0.6 is 0 Å². The average Bonchev–Trinajstić information content (AvgIpc) is 3.00. The number of carboxylic acids is 1. The van der Waals surface area contributed by atoms with E-state index in [0.717, 1.165) is 22.3 Å². The normalized spacial score (nSPS) is 21.4. The van der Waals surface area contributed by atoms with Crippen molar-refractivity contribution >= 4 is 12.1 Å². The maximum atomic E-state index is 12.7. The number of morpholine rings is 1. The summed E-state index contributed by atoms with van der Waals surface area (Å²) < 4.78 is 10.9. The number of carbonyl (C=O) groups excluding carboxylic acids is 1. The van der Waals surface area contributed by atoms with Gasteiger partial charge in [0, 0.05) is 12.5 Å². The highest BCUT2D eigenvalue weighted by atomic mass is 16.6. The van der Waals surface area contributed by atoms with Crippen molar-refractivity contribution < 1.29 is 24.2 Å². The van der Waals surface area contributed by atoms with Crippen molar-refractivity contribution in [3.63, 3.8) is 0 Å². The van der Waals surface area contributed by atoms with E-state index < -0.39 is 17.6 Å². The lowest BCUT2D eigenvalue weighted by atomic mass is 9.98. The van der Waals surface area contributed by atoms with Gasteiger partial charge in [-0.3, -0.25) is 4.90 Å². The summed E-state index contributed by atoms with van der Waals surface area (Å²) >= 11 is 0. The van der Waals surface area contributed by atoms with Crippen molar-refractivity contribution in [3.05, 3.63) is 59.7 Å². The lowest BCUT2D eigenvalue weighted by Crippen LogP contribution is -2.61. The topological polar surface area (TPSA) is 76.1 Å². The Kier molecular flexibility index (Phi) is 4.36. The molecule has 1 saturated heterocycles. The molecule has 1 amide bonds. The molecule has 0 radical (unpaired) electrons. The maximum absolute atomic E-state index is 12.7. The number of ether oxygens (including phenoxy) is 2. The van der Waals surface area contributed by atoms with Gasteiger partial charge < -0.3 is 14.6 Å². The number of nitrogens with zero attached hydrogens (tertiary/aromatic N) is 1. The second-order valence-electron chi connectivity index (χ2n) is 7.09. The third kappa shape index (κ3) is 2.86. The number of amides is 1. The van der Waals surface area contributed by atoms with E-state index in [1.54, 1.807) is 0 Å². The van der Waals surface area contributed by atoms with Gasteiger partial charge in [-0.15, -0.1) is 0 Å². The Hall–Kier alpha value is -2.86. The molecule has 1 atom stereocenters. The van der Waals surface area contributed by atoms with E-state index in [0.29, 0.717) is 6.61 Å². The van der Waals surface area contributed by atoms with E-state index in [1.807, 2.05) is 36.4 Å². The fourth-order valence-electron chi connectivity index (χ4n) is 3.89. The predicted molar refractivity (Wildman–Crippen MR) is 98.6 cm³/mol. The number of carboxylic acid groups (broad SMARTS) is 1. The second-order valence-corrected chi connectivity index (χ2v) is 7.09. The molecule has 2 aromatic rings. The van der Waals surface area contributed by atoms with Crippen LogP contribution in [0.3, 0.4) is 0 Å². The Bertz CT molecular complexity index is 850. The molecule has 0 spiro atoms. The average molecular weight is 367 g/mol. The molecular weight excluding hydrogens is 346 g/mol. The fraction of sp³-hybridized carbons (Fsp3) is 0.333. The summed E-state index contributed by atoms with van der Waals surface area (Å²) in [5.74, 6) is -1.16. The number of carbonyl (C=O) groups is 2. The summed E-state index contributed by atoms with van der Waals surface area (Å²) in [5.41, 5.74) is 3.12. The van der Waals surface area contributed by atoms with E-state index in [-0.39, 0.29) is 25.7 Å². The molecule has 0 unspecified atom stereocenters. The van der Waals surface area contributed by atoms with Crippen LogP contribution in [0.1, 0.15) is 24.0 Å². The van der Waals surface area contributed by atoms with Gasteiger partial charge in [-0.1, -0.05) is 48.5 Å². The molecule has 4 rings (SSSR count). The highest BCUT2D eigenvalue weighted by molar-refractivity contribution is 5.84. The summed E-state index contributed by atoms with van der Waals surface area (Å²) in [5, 5.41) is 9.53. The van der Waals surface area contributed by atoms with Crippen LogP contribution in [0.25, 0.3) is 11.1 Å². The number of benzene rings is 2. The van der Waals surface area contributed by atoms with Gasteiger partial charge in [-0.25, -0.2) is 9.59 Å². The zero-order valence-electron chi connectivity index (χ0n) is 15.1. The van der Waals surface area contributed by atoms with Gasteiger partial charge in [-0.05, 0) is 29.2 Å². The van der Waals surface area contributed by atoms with E-state index in [4.69, 9.17) is 9.47 Å². The smallest absolute Gasteiger partial charge is 0.410 e. The number of fused-ring (bicyclic) bond motifs is 3. The zero-order chi connectivity index (χ0) is 19.0. The molecule has 1 heterocycles. The van der Waals surface area contributed by atoms with Crippen molar-refractivity contribution in [1.29, 1.82) is 0 Å². The molecule has 0 aromatic heterocycles. The third-order valence-corrected chi connectivity index (χ3v) is 5.46. The van der Waals surface area contributed by atoms with E-state index in [1.165, 1.54) is 11.8 Å². The van der Waals surface area contributed by atoms with Gasteiger partial charge in [0.2, 0.25) is 0 Å². The number of rotatable bonds is 3. The quantitative estimate of drug-likeness (QED) is 0.902. The molecule has 1 fully saturated rings. The molecule has 2 aromatic carbocycles. The highest BCUT2D eigenvalue weighted by Gasteiger charge is 2.46. The van der Waals surface area contributed by atoms with Crippen LogP contribution in [0.2, 0.25) is 0 Å². The van der Waals surface area contributed by atoms with Gasteiger partial charge in [0.25, 0.3) is 0 Å². The summed E-state index contributed by atoms with van der Waals surface area (Å²) in [6, 6.07) is 16.2. The van der Waals surface area contributed by atoms with Crippen LogP contribution in [0.15, 0.2) is 48.5 Å². The zero-order valence-corrected chi connectivity index (χ0v) is 15.1. The highest BCUT2D eigenvalue weighted by Crippen LogP contribution is 2.44. The van der Waals surface area contributed by atoms with Gasteiger partial charge in [0.15, 0.2) is 5.54 Å². The molecule has 1 aliphatic carbocycles. The van der Waals surface area contributed by atoms with Gasteiger partial charge in [-0.2, -0.15) is 0 Å². The molecule has 1 aliphatic heterocycles. The van der Waals surface area contributed by atoms with Gasteiger partial charge in [0.05, 0.1) is 13.2 Å². The second kappa shape index (κ2) is 6.70. The molecule has 0 bridgehead atoms. The standard InChI is InChI=1S/C21H21NO5/c1-21(19(23)24)13-26-11-10-22(21)20(25)27-12-18-16-8-4-2-6-14(16)15-7-3-5-9-17(15)18/h2-9,18H,10-13H2,1H3,(H,23,24)/t21-/m0/s1. The SMILES string of the molecule is C[C@@]1(C(=O)O)COCCN1C(=O)OCC1c2ccccc2-c2ccccc21. The molecule has 140 valence electrons. The minimum atomic E-state index is -1.42. The maximum Gasteiger partial charge on any atom is 0.410 e. The summed E-state index contributed by atoms with van der Waals surface area (Å²) in [6.07, 6.45) is -0.620. The monoisotopic (exact) mass is 367 g/mol. The molecule has 2 aliphatic rings. The first-order chi connectivity index (χ1) is 13.0. The number of aliphatic carboxylic acids is 1. The lowest BCUT2D eigenvalue weighted by Gasteiger charge is -2.40. The first kappa shape index (κ1) is 17.5. The summed E-state index contributed by atoms with van der Waals surface area (Å²) in [6.45, 7) is 2.09. The third-order valence-electron chi connectivity index (χ3n) is 5.46. The molecule has 0 saturated carbocycles. The van der Waals surface area contributed by atoms with Crippen LogP contribution in [0.5, 0.6) is 0 Å². The molecule has 27 heavy (non-hydrogen) atoms. The Morgan fingerprint density at radius 1 is 1.15 bits per heavy atom. The van der Waals surface area contributed by atoms with Crippen molar-refractivity contribution in [2.24, 2.45) is 0 Å². The van der Waals surface area contributed by atoms with Crippen LogP contribution in [0, 0.1) is 0 Å². The molecule has 6 heteroatoms. The van der Waals surface area contributed by atoms with Crippen molar-refractivity contribution in [2.45, 2.75) is 18.4 Å². The first-order valence-electron chi connectivity index (χ1n) is 8.96. The van der Waals surface area contributed by atoms with E-state index >= 15 is 0 Å². The van der Waals surface area contributed by atoms with Crippen LogP contribution in [-0.2, 0) is 14.3 Å². The van der Waals surface area contributed by atoms with Crippen LogP contribution in [-0.4, -0.2) is 54.0 Å². The van der Waals surface area contributed by atoms with Crippen molar-refractivity contribution in [1.82, 2.24) is 4.90 Å². The van der Waals surface area contributed by atoms with Crippen molar-refractivity contribution in [3.8, 4) is 11.1 Å².